The van der Waals surface area contributed by atoms with Crippen LogP contribution in [0, 0.1) is 6.92 Å². The zero-order valence-electron chi connectivity index (χ0n) is 21.1. The van der Waals surface area contributed by atoms with Crippen LogP contribution in [0.15, 0.2) is 76.1 Å². The standard InChI is InChI=1S/C27H28BrCl2N3O4S/c1-4-25(27(35)31-3)32(16-19-10-13-23(29)24(30)14-19)26(34)17-33(21-7-5-6-20(28)15-21)38(36,37)22-11-8-18(2)9-12-22/h5-15,25H,4,16-17H2,1-3H3,(H,31,35)/t25-/m1/s1. The molecular weight excluding hydrogens is 613 g/mol. The second-order valence-electron chi connectivity index (χ2n) is 8.61. The third-order valence-corrected chi connectivity index (χ3v) is 8.97. The molecule has 3 rings (SSSR count). The van der Waals surface area contributed by atoms with Crippen molar-refractivity contribution in [3.8, 4) is 0 Å². The number of likely N-dealkylation sites (N-methyl/N-ethyl adjacent to an activating group) is 1. The number of hydrogen-bond acceptors (Lipinski definition) is 4. The Morgan fingerprint density at radius 1 is 1.00 bits per heavy atom. The Bertz CT molecular complexity index is 1420. The fraction of sp³-hybridized carbons (Fsp3) is 0.259. The average Bonchev–Trinajstić information content (AvgIpc) is 2.89. The minimum atomic E-state index is -4.13. The fourth-order valence-electron chi connectivity index (χ4n) is 3.92. The smallest absolute Gasteiger partial charge is 0.264 e. The maximum absolute atomic E-state index is 13.9. The van der Waals surface area contributed by atoms with Gasteiger partial charge in [0.05, 0.1) is 20.6 Å². The van der Waals surface area contributed by atoms with Gasteiger partial charge in [0.15, 0.2) is 0 Å². The molecule has 0 aliphatic heterocycles. The molecule has 1 N–H and O–H groups in total. The molecule has 0 bridgehead atoms. The predicted octanol–water partition coefficient (Wildman–Crippen LogP) is 5.81. The molecule has 0 unspecified atom stereocenters. The first-order chi connectivity index (χ1) is 18.0. The summed E-state index contributed by atoms with van der Waals surface area (Å²) in [6, 6.07) is 17.2. The summed E-state index contributed by atoms with van der Waals surface area (Å²) in [6.45, 7) is 3.14. The summed E-state index contributed by atoms with van der Waals surface area (Å²) in [6.07, 6.45) is 0.314. The molecule has 3 aromatic carbocycles. The van der Waals surface area contributed by atoms with E-state index in [1.54, 1.807) is 61.5 Å². The first kappa shape index (κ1) is 30.0. The highest BCUT2D eigenvalue weighted by atomic mass is 79.9. The number of anilines is 1. The topological polar surface area (TPSA) is 86.8 Å². The number of nitrogens with zero attached hydrogens (tertiary/aromatic N) is 2. The summed E-state index contributed by atoms with van der Waals surface area (Å²) in [5.74, 6) is -0.918. The van der Waals surface area contributed by atoms with E-state index in [1.807, 2.05) is 6.92 Å². The minimum Gasteiger partial charge on any atom is -0.357 e. The summed E-state index contributed by atoms with van der Waals surface area (Å²) in [4.78, 5) is 28.1. The van der Waals surface area contributed by atoms with Gasteiger partial charge in [-0.25, -0.2) is 8.42 Å². The first-order valence-electron chi connectivity index (χ1n) is 11.8. The van der Waals surface area contributed by atoms with Gasteiger partial charge in [0.1, 0.15) is 12.6 Å². The van der Waals surface area contributed by atoms with Crippen molar-refractivity contribution in [1.29, 1.82) is 0 Å². The van der Waals surface area contributed by atoms with E-state index in [1.165, 1.54) is 24.1 Å². The molecule has 2 amide bonds. The lowest BCUT2D eigenvalue weighted by Crippen LogP contribution is -2.51. The minimum absolute atomic E-state index is 0.0263. The van der Waals surface area contributed by atoms with Crippen molar-refractivity contribution < 1.29 is 18.0 Å². The van der Waals surface area contributed by atoms with E-state index >= 15 is 0 Å². The summed E-state index contributed by atoms with van der Waals surface area (Å²) >= 11 is 15.6. The van der Waals surface area contributed by atoms with Crippen molar-refractivity contribution in [2.75, 3.05) is 17.9 Å². The average molecular weight is 641 g/mol. The van der Waals surface area contributed by atoms with Gasteiger partial charge in [-0.1, -0.05) is 75.9 Å². The van der Waals surface area contributed by atoms with Gasteiger partial charge in [0, 0.05) is 18.1 Å². The van der Waals surface area contributed by atoms with Crippen molar-refractivity contribution in [2.24, 2.45) is 0 Å². The molecule has 1 atom stereocenters. The van der Waals surface area contributed by atoms with Gasteiger partial charge in [0.2, 0.25) is 11.8 Å². The molecule has 0 fully saturated rings. The van der Waals surface area contributed by atoms with Crippen LogP contribution in [0.3, 0.4) is 0 Å². The Balaban J connectivity index is 2.07. The highest BCUT2D eigenvalue weighted by Gasteiger charge is 2.33. The third kappa shape index (κ3) is 7.08. The Labute approximate surface area is 241 Å². The molecule has 0 spiro atoms. The predicted molar refractivity (Wildman–Crippen MR) is 155 cm³/mol. The molecule has 0 radical (unpaired) electrons. The Kier molecular flexibility index (Phi) is 10.2. The summed E-state index contributed by atoms with van der Waals surface area (Å²) < 4.78 is 29.3. The molecule has 0 saturated heterocycles. The first-order valence-corrected chi connectivity index (χ1v) is 14.8. The summed E-state index contributed by atoms with van der Waals surface area (Å²) in [5, 5.41) is 3.26. The van der Waals surface area contributed by atoms with Gasteiger partial charge < -0.3 is 10.2 Å². The highest BCUT2D eigenvalue weighted by molar-refractivity contribution is 9.10. The number of carbonyl (C=O) groups is 2. The Morgan fingerprint density at radius 2 is 1.68 bits per heavy atom. The molecular formula is C27H28BrCl2N3O4S. The second kappa shape index (κ2) is 13.0. The molecule has 202 valence electrons. The quantitative estimate of drug-likeness (QED) is 0.303. The van der Waals surface area contributed by atoms with Crippen LogP contribution < -0.4 is 9.62 Å². The van der Waals surface area contributed by atoms with Crippen LogP contribution in [0.2, 0.25) is 10.0 Å². The van der Waals surface area contributed by atoms with Crippen LogP contribution >= 0.6 is 39.1 Å². The number of nitrogens with one attached hydrogen (secondary N) is 1. The number of carbonyl (C=O) groups excluding carboxylic acids is 2. The summed E-state index contributed by atoms with van der Waals surface area (Å²) in [7, 11) is -2.65. The lowest BCUT2D eigenvalue weighted by atomic mass is 10.1. The van der Waals surface area contributed by atoms with Crippen LogP contribution in [0.1, 0.15) is 24.5 Å². The van der Waals surface area contributed by atoms with Crippen LogP contribution in [0.5, 0.6) is 0 Å². The molecule has 0 saturated carbocycles. The van der Waals surface area contributed by atoms with Crippen LogP contribution in [0.25, 0.3) is 0 Å². The SMILES string of the molecule is CC[C@H](C(=O)NC)N(Cc1ccc(Cl)c(Cl)c1)C(=O)CN(c1cccc(Br)c1)S(=O)(=O)c1ccc(C)cc1. The van der Waals surface area contributed by atoms with Crippen LogP contribution in [-0.2, 0) is 26.2 Å². The van der Waals surface area contributed by atoms with Gasteiger partial charge >= 0.3 is 0 Å². The number of benzene rings is 3. The lowest BCUT2D eigenvalue weighted by Gasteiger charge is -2.33. The molecule has 11 heteroatoms. The number of amides is 2. The van der Waals surface area contributed by atoms with Crippen LogP contribution in [-0.4, -0.2) is 44.8 Å². The number of rotatable bonds is 10. The Hall–Kier alpha value is -2.59. The van der Waals surface area contributed by atoms with Crippen molar-refractivity contribution >= 4 is 66.7 Å². The summed E-state index contributed by atoms with van der Waals surface area (Å²) in [5.41, 5.74) is 1.85. The maximum Gasteiger partial charge on any atom is 0.264 e. The van der Waals surface area contributed by atoms with Gasteiger partial charge in [-0.05, 0) is 61.4 Å². The molecule has 0 heterocycles. The van der Waals surface area contributed by atoms with E-state index in [4.69, 9.17) is 23.2 Å². The zero-order valence-corrected chi connectivity index (χ0v) is 25.0. The molecule has 0 aliphatic carbocycles. The molecule has 0 aromatic heterocycles. The number of sulfonamides is 1. The zero-order chi connectivity index (χ0) is 28.0. The van der Waals surface area contributed by atoms with Crippen molar-refractivity contribution in [3.05, 3.63) is 92.4 Å². The third-order valence-electron chi connectivity index (χ3n) is 5.95. The molecule has 0 aliphatic rings. The number of halogens is 3. The number of hydrogen-bond donors (Lipinski definition) is 1. The highest BCUT2D eigenvalue weighted by Crippen LogP contribution is 2.28. The monoisotopic (exact) mass is 639 g/mol. The molecule has 3 aromatic rings. The van der Waals surface area contributed by atoms with E-state index in [-0.39, 0.29) is 17.3 Å². The van der Waals surface area contributed by atoms with Gasteiger partial charge in [0.25, 0.3) is 10.0 Å². The van der Waals surface area contributed by atoms with Gasteiger partial charge in [-0.15, -0.1) is 0 Å². The van der Waals surface area contributed by atoms with Crippen molar-refractivity contribution in [1.82, 2.24) is 10.2 Å². The Morgan fingerprint density at radius 3 is 2.26 bits per heavy atom. The lowest BCUT2D eigenvalue weighted by molar-refractivity contribution is -0.140. The largest absolute Gasteiger partial charge is 0.357 e. The fourth-order valence-corrected chi connectivity index (χ4v) is 6.03. The van der Waals surface area contributed by atoms with E-state index in [2.05, 4.69) is 21.2 Å². The van der Waals surface area contributed by atoms with Gasteiger partial charge in [-0.3, -0.25) is 13.9 Å². The van der Waals surface area contributed by atoms with E-state index < -0.39 is 28.5 Å². The van der Waals surface area contributed by atoms with E-state index in [0.29, 0.717) is 32.2 Å². The van der Waals surface area contributed by atoms with E-state index in [0.717, 1.165) is 9.87 Å². The van der Waals surface area contributed by atoms with Crippen molar-refractivity contribution in [2.45, 2.75) is 37.8 Å². The molecule has 38 heavy (non-hydrogen) atoms. The molecule has 7 nitrogen and oxygen atoms in total. The number of aryl methyl sites for hydroxylation is 1. The second-order valence-corrected chi connectivity index (χ2v) is 12.2. The normalized spacial score (nSPS) is 12.1. The maximum atomic E-state index is 13.9. The van der Waals surface area contributed by atoms with Crippen molar-refractivity contribution in [3.63, 3.8) is 0 Å². The van der Waals surface area contributed by atoms with E-state index in [9.17, 15) is 18.0 Å². The van der Waals surface area contributed by atoms with Crippen LogP contribution in [0.4, 0.5) is 5.69 Å². The van der Waals surface area contributed by atoms with Gasteiger partial charge in [-0.2, -0.15) is 0 Å².